The van der Waals surface area contributed by atoms with Crippen LogP contribution < -0.4 is 15.0 Å². The van der Waals surface area contributed by atoms with Gasteiger partial charge < -0.3 is 15.0 Å². The minimum absolute atomic E-state index is 0.0132. The highest BCUT2D eigenvalue weighted by Crippen LogP contribution is 2.39. The number of alkyl halides is 2. The Hall–Kier alpha value is -3.21. The number of rotatable bonds is 7. The molecule has 2 fully saturated rings. The van der Waals surface area contributed by atoms with Gasteiger partial charge in [0.25, 0.3) is 5.91 Å². The summed E-state index contributed by atoms with van der Waals surface area (Å²) in [5.41, 5.74) is 2.13. The molecule has 0 bridgehead atoms. The largest absolute Gasteiger partial charge is 0.435 e. The van der Waals surface area contributed by atoms with Crippen molar-refractivity contribution in [3.05, 3.63) is 41.7 Å². The summed E-state index contributed by atoms with van der Waals surface area (Å²) in [6, 6.07) is 8.29. The molecular weight excluding hydrogens is 402 g/mol. The van der Waals surface area contributed by atoms with Gasteiger partial charge in [-0.3, -0.25) is 4.79 Å². The van der Waals surface area contributed by atoms with E-state index in [1.165, 1.54) is 18.3 Å². The molecule has 2 aliphatic rings. The van der Waals surface area contributed by atoms with E-state index in [-0.39, 0.29) is 17.4 Å². The van der Waals surface area contributed by atoms with Gasteiger partial charge in [-0.15, -0.1) is 0 Å². The minimum atomic E-state index is -2.96. The van der Waals surface area contributed by atoms with Crippen molar-refractivity contribution >= 4 is 11.6 Å². The van der Waals surface area contributed by atoms with E-state index < -0.39 is 6.61 Å². The van der Waals surface area contributed by atoms with Gasteiger partial charge >= 0.3 is 6.61 Å². The van der Waals surface area contributed by atoms with Crippen molar-refractivity contribution in [2.45, 2.75) is 32.8 Å². The molecule has 1 saturated carbocycles. The normalized spacial score (nSPS) is 18.2. The second-order valence-electron chi connectivity index (χ2n) is 8.26. The van der Waals surface area contributed by atoms with Crippen molar-refractivity contribution in [3.63, 3.8) is 0 Å². The number of pyridine rings is 1. The molecule has 1 atom stereocenters. The van der Waals surface area contributed by atoms with Gasteiger partial charge in [0.05, 0.1) is 11.3 Å². The van der Waals surface area contributed by atoms with Gasteiger partial charge in [0.15, 0.2) is 0 Å². The molecule has 0 radical (unpaired) electrons. The Bertz CT molecular complexity index is 1020. The summed E-state index contributed by atoms with van der Waals surface area (Å²) in [4.78, 5) is 19.4. The highest BCUT2D eigenvalue weighted by atomic mass is 19.3. The number of halogens is 2. The van der Waals surface area contributed by atoms with Crippen LogP contribution in [0.5, 0.6) is 5.75 Å². The fraction of sp³-hybridized carbons (Fsp3) is 0.435. The SMILES string of the molecule is CC1CCN(c2c(C(=O)NCC3CC3)cnc(C#N)c2-c2cccc(OC(F)F)c2)C1. The maximum Gasteiger partial charge on any atom is 0.387 e. The molecule has 2 aromatic rings. The lowest BCUT2D eigenvalue weighted by molar-refractivity contribution is -0.0498. The van der Waals surface area contributed by atoms with Gasteiger partial charge in [-0.1, -0.05) is 19.1 Å². The first-order valence-electron chi connectivity index (χ1n) is 10.5. The lowest BCUT2D eigenvalue weighted by Gasteiger charge is -2.25. The van der Waals surface area contributed by atoms with Gasteiger partial charge in [0, 0.05) is 31.4 Å². The van der Waals surface area contributed by atoms with E-state index in [1.807, 2.05) is 0 Å². The smallest absolute Gasteiger partial charge is 0.387 e. The number of carbonyl (C=O) groups excluding carboxylic acids is 1. The molecule has 1 aliphatic heterocycles. The number of nitrogens with one attached hydrogen (secondary N) is 1. The van der Waals surface area contributed by atoms with Crippen LogP contribution in [0.4, 0.5) is 14.5 Å². The number of nitrogens with zero attached hydrogens (tertiary/aromatic N) is 3. The molecule has 6 nitrogen and oxygen atoms in total. The van der Waals surface area contributed by atoms with E-state index in [1.54, 1.807) is 12.1 Å². The second kappa shape index (κ2) is 8.88. The number of aromatic nitrogens is 1. The summed E-state index contributed by atoms with van der Waals surface area (Å²) in [7, 11) is 0. The van der Waals surface area contributed by atoms with Gasteiger partial charge in [0.2, 0.25) is 0 Å². The third kappa shape index (κ3) is 4.76. The Morgan fingerprint density at radius 1 is 1.39 bits per heavy atom. The zero-order valence-corrected chi connectivity index (χ0v) is 17.3. The van der Waals surface area contributed by atoms with Crippen LogP contribution in [0.2, 0.25) is 0 Å². The van der Waals surface area contributed by atoms with Crippen LogP contribution >= 0.6 is 0 Å². The molecule has 1 aromatic heterocycles. The molecular formula is C23H24F2N4O2. The third-order valence-electron chi connectivity index (χ3n) is 5.74. The Kier molecular flexibility index (Phi) is 6.03. The summed E-state index contributed by atoms with van der Waals surface area (Å²) in [6.45, 7) is 1.26. The van der Waals surface area contributed by atoms with Gasteiger partial charge in [-0.2, -0.15) is 14.0 Å². The number of hydrogen-bond acceptors (Lipinski definition) is 5. The highest BCUT2D eigenvalue weighted by Gasteiger charge is 2.30. The van der Waals surface area contributed by atoms with E-state index in [0.717, 1.165) is 32.4 Å². The van der Waals surface area contributed by atoms with Crippen molar-refractivity contribution in [1.82, 2.24) is 10.3 Å². The predicted octanol–water partition coefficient (Wildman–Crippen LogP) is 4.21. The molecule has 162 valence electrons. The van der Waals surface area contributed by atoms with Crippen molar-refractivity contribution in [2.75, 3.05) is 24.5 Å². The monoisotopic (exact) mass is 426 g/mol. The van der Waals surface area contributed by atoms with Gasteiger partial charge in [-0.25, -0.2) is 4.98 Å². The number of anilines is 1. The van der Waals surface area contributed by atoms with E-state index >= 15 is 0 Å². The Balaban J connectivity index is 1.82. The molecule has 8 heteroatoms. The topological polar surface area (TPSA) is 78.3 Å². The minimum Gasteiger partial charge on any atom is -0.435 e. The Morgan fingerprint density at radius 3 is 2.84 bits per heavy atom. The van der Waals surface area contributed by atoms with Crippen LogP contribution in [0, 0.1) is 23.2 Å². The zero-order valence-electron chi connectivity index (χ0n) is 17.3. The Labute approximate surface area is 179 Å². The quantitative estimate of drug-likeness (QED) is 0.718. The van der Waals surface area contributed by atoms with Crippen LogP contribution in [0.3, 0.4) is 0 Å². The number of ether oxygens (including phenoxy) is 1. The van der Waals surface area contributed by atoms with E-state index in [4.69, 9.17) is 0 Å². The molecule has 1 aromatic carbocycles. The first kappa shape index (κ1) is 21.0. The average molecular weight is 426 g/mol. The number of nitriles is 1. The fourth-order valence-electron chi connectivity index (χ4n) is 3.97. The number of carbonyl (C=O) groups is 1. The molecule has 1 aliphatic carbocycles. The second-order valence-corrected chi connectivity index (χ2v) is 8.26. The first-order chi connectivity index (χ1) is 15.0. The average Bonchev–Trinajstić information content (AvgIpc) is 3.49. The molecule has 31 heavy (non-hydrogen) atoms. The summed E-state index contributed by atoms with van der Waals surface area (Å²) in [5, 5.41) is 12.7. The van der Waals surface area contributed by atoms with E-state index in [0.29, 0.717) is 40.8 Å². The molecule has 1 unspecified atom stereocenters. The number of hydrogen-bond donors (Lipinski definition) is 1. The summed E-state index contributed by atoms with van der Waals surface area (Å²) in [6.07, 6.45) is 4.64. The lowest BCUT2D eigenvalue weighted by Crippen LogP contribution is -2.30. The molecule has 2 heterocycles. The van der Waals surface area contributed by atoms with E-state index in [9.17, 15) is 18.8 Å². The summed E-state index contributed by atoms with van der Waals surface area (Å²) in [5.74, 6) is 0.705. The molecule has 4 rings (SSSR count). The number of amides is 1. The lowest BCUT2D eigenvalue weighted by atomic mass is 9.97. The summed E-state index contributed by atoms with van der Waals surface area (Å²) < 4.78 is 30.0. The molecule has 0 spiro atoms. The molecule has 1 N–H and O–H groups in total. The van der Waals surface area contributed by atoms with Gasteiger partial charge in [0.1, 0.15) is 17.5 Å². The molecule has 1 amide bonds. The van der Waals surface area contributed by atoms with Crippen molar-refractivity contribution in [2.24, 2.45) is 11.8 Å². The van der Waals surface area contributed by atoms with Crippen molar-refractivity contribution < 1.29 is 18.3 Å². The maximum atomic E-state index is 13.0. The highest BCUT2D eigenvalue weighted by molar-refractivity contribution is 6.04. The Morgan fingerprint density at radius 2 is 2.19 bits per heavy atom. The van der Waals surface area contributed by atoms with Crippen molar-refractivity contribution in [1.29, 1.82) is 5.26 Å². The maximum absolute atomic E-state index is 13.0. The van der Waals surface area contributed by atoms with E-state index in [2.05, 4.69) is 32.9 Å². The zero-order chi connectivity index (χ0) is 22.0. The first-order valence-corrected chi connectivity index (χ1v) is 10.5. The van der Waals surface area contributed by atoms with Crippen molar-refractivity contribution in [3.8, 4) is 22.9 Å². The van der Waals surface area contributed by atoms with Crippen LogP contribution in [0.25, 0.3) is 11.1 Å². The van der Waals surface area contributed by atoms with Crippen LogP contribution in [0.15, 0.2) is 30.5 Å². The number of benzene rings is 1. The van der Waals surface area contributed by atoms with Crippen LogP contribution in [-0.2, 0) is 0 Å². The molecule has 1 saturated heterocycles. The predicted molar refractivity (Wildman–Crippen MR) is 112 cm³/mol. The summed E-state index contributed by atoms with van der Waals surface area (Å²) >= 11 is 0. The fourth-order valence-corrected chi connectivity index (χ4v) is 3.97. The van der Waals surface area contributed by atoms with Gasteiger partial charge in [-0.05, 0) is 48.8 Å². The standard InChI is InChI=1S/C23H24F2N4O2/c1-14-7-8-29(13-14)21-18(22(30)28-11-15-5-6-15)12-27-19(10-26)20(21)16-3-2-4-17(9-16)31-23(24)25/h2-4,9,12,14-15,23H,5-8,11,13H2,1H3,(H,28,30). The van der Waals surface area contributed by atoms with Crippen LogP contribution in [0.1, 0.15) is 42.2 Å². The van der Waals surface area contributed by atoms with Crippen LogP contribution in [-0.4, -0.2) is 37.1 Å². The third-order valence-corrected chi connectivity index (χ3v) is 5.74.